The van der Waals surface area contributed by atoms with E-state index in [2.05, 4.69) is 76.2 Å². The molecule has 2 heterocycles. The average Bonchev–Trinajstić information content (AvgIpc) is 3.11. The second-order valence-electron chi connectivity index (χ2n) is 9.91. The number of ether oxygens (including phenoxy) is 1. The van der Waals surface area contributed by atoms with Gasteiger partial charge in [0.1, 0.15) is 5.75 Å². The Bertz CT molecular complexity index is 1330. The van der Waals surface area contributed by atoms with Crippen molar-refractivity contribution in [3.63, 3.8) is 0 Å². The monoisotopic (exact) mass is 463 g/mol. The van der Waals surface area contributed by atoms with Gasteiger partial charge in [0, 0.05) is 5.56 Å². The lowest BCUT2D eigenvalue weighted by Gasteiger charge is -2.32. The minimum atomic E-state index is -0.425. The van der Waals surface area contributed by atoms with E-state index in [0.717, 1.165) is 44.9 Å². The average molecular weight is 463 g/mol. The van der Waals surface area contributed by atoms with Crippen LogP contribution in [0.15, 0.2) is 91.0 Å². The Labute approximate surface area is 208 Å². The zero-order valence-electron chi connectivity index (χ0n) is 20.9. The van der Waals surface area contributed by atoms with Crippen molar-refractivity contribution >= 4 is 12.6 Å². The molecule has 0 N–H and O–H groups in total. The van der Waals surface area contributed by atoms with Crippen LogP contribution in [0.25, 0.3) is 33.6 Å². The molecule has 1 saturated heterocycles. The molecular formula is C30H30BNO3. The molecule has 4 aromatic rings. The van der Waals surface area contributed by atoms with Gasteiger partial charge in [0.05, 0.1) is 29.7 Å². The Morgan fingerprint density at radius 2 is 1.29 bits per heavy atom. The van der Waals surface area contributed by atoms with E-state index >= 15 is 0 Å². The standard InChI is InChI=1S/C30H30BNO3/c1-29(2)30(3,4)35-31(34-29)24-15-11-14-22(18-24)26-19-23(21-12-7-6-8-13-21)20-27(32-26)25-16-9-10-17-28(25)33-5/h6-20H,1-5H3. The number of benzene rings is 3. The lowest BCUT2D eigenvalue weighted by atomic mass is 9.78. The minimum Gasteiger partial charge on any atom is -0.496 e. The normalized spacial score (nSPS) is 16.3. The number of hydrogen-bond acceptors (Lipinski definition) is 4. The summed E-state index contributed by atoms with van der Waals surface area (Å²) in [5.41, 5.74) is 6.12. The first-order valence-electron chi connectivity index (χ1n) is 11.9. The highest BCUT2D eigenvalue weighted by Crippen LogP contribution is 2.37. The largest absolute Gasteiger partial charge is 0.496 e. The summed E-state index contributed by atoms with van der Waals surface area (Å²) >= 11 is 0. The molecule has 1 aliphatic heterocycles. The van der Waals surface area contributed by atoms with E-state index in [1.165, 1.54) is 0 Å². The van der Waals surface area contributed by atoms with E-state index < -0.39 is 18.3 Å². The molecule has 0 amide bonds. The number of pyridine rings is 1. The van der Waals surface area contributed by atoms with Gasteiger partial charge in [-0.3, -0.25) is 0 Å². The lowest BCUT2D eigenvalue weighted by Crippen LogP contribution is -2.41. The predicted molar refractivity (Wildman–Crippen MR) is 143 cm³/mol. The van der Waals surface area contributed by atoms with Gasteiger partial charge in [0.25, 0.3) is 0 Å². The zero-order valence-corrected chi connectivity index (χ0v) is 20.9. The molecule has 5 heteroatoms. The highest BCUT2D eigenvalue weighted by Gasteiger charge is 2.51. The summed E-state index contributed by atoms with van der Waals surface area (Å²) in [6, 6.07) is 30.9. The molecular weight excluding hydrogens is 433 g/mol. The first kappa shape index (κ1) is 23.3. The molecule has 0 spiro atoms. The van der Waals surface area contributed by atoms with Crippen LogP contribution < -0.4 is 10.2 Å². The minimum absolute atomic E-state index is 0.393. The molecule has 3 aromatic carbocycles. The summed E-state index contributed by atoms with van der Waals surface area (Å²) in [5, 5.41) is 0. The van der Waals surface area contributed by atoms with Gasteiger partial charge in [-0.25, -0.2) is 4.98 Å². The Morgan fingerprint density at radius 1 is 0.657 bits per heavy atom. The summed E-state index contributed by atoms with van der Waals surface area (Å²) in [6.07, 6.45) is 0. The van der Waals surface area contributed by atoms with E-state index in [0.29, 0.717) is 0 Å². The SMILES string of the molecule is COc1ccccc1-c1cc(-c2ccccc2)cc(-c2cccc(B3OC(C)(C)C(C)(C)O3)c2)n1. The first-order valence-corrected chi connectivity index (χ1v) is 11.9. The molecule has 0 radical (unpaired) electrons. The topological polar surface area (TPSA) is 40.6 Å². The fraction of sp³-hybridized carbons (Fsp3) is 0.233. The van der Waals surface area contributed by atoms with Crippen molar-refractivity contribution < 1.29 is 14.0 Å². The Balaban J connectivity index is 1.62. The number of aromatic nitrogens is 1. The maximum Gasteiger partial charge on any atom is 0.494 e. The Kier molecular flexibility index (Phi) is 6.00. The quantitative estimate of drug-likeness (QED) is 0.322. The molecule has 1 aliphatic rings. The molecule has 0 aliphatic carbocycles. The van der Waals surface area contributed by atoms with Crippen LogP contribution in [0.3, 0.4) is 0 Å². The molecule has 4 nitrogen and oxygen atoms in total. The summed E-state index contributed by atoms with van der Waals surface area (Å²) in [6.45, 7) is 8.28. The summed E-state index contributed by atoms with van der Waals surface area (Å²) in [5.74, 6) is 0.794. The van der Waals surface area contributed by atoms with Crippen molar-refractivity contribution in [2.24, 2.45) is 0 Å². The Hall–Kier alpha value is -3.41. The van der Waals surface area contributed by atoms with Gasteiger partial charge in [-0.1, -0.05) is 66.7 Å². The van der Waals surface area contributed by atoms with E-state index in [1.54, 1.807) is 7.11 Å². The third-order valence-corrected chi connectivity index (χ3v) is 7.02. The number of methoxy groups -OCH3 is 1. The third-order valence-electron chi connectivity index (χ3n) is 7.02. The van der Waals surface area contributed by atoms with E-state index in [4.69, 9.17) is 19.0 Å². The van der Waals surface area contributed by atoms with Crippen LogP contribution in [0.5, 0.6) is 5.75 Å². The molecule has 35 heavy (non-hydrogen) atoms. The maximum atomic E-state index is 6.30. The van der Waals surface area contributed by atoms with Crippen LogP contribution in [-0.2, 0) is 9.31 Å². The molecule has 0 saturated carbocycles. The van der Waals surface area contributed by atoms with Crippen LogP contribution in [0.1, 0.15) is 27.7 Å². The molecule has 0 atom stereocenters. The molecule has 5 rings (SSSR count). The lowest BCUT2D eigenvalue weighted by molar-refractivity contribution is 0.00578. The van der Waals surface area contributed by atoms with E-state index in [-0.39, 0.29) is 0 Å². The molecule has 0 bridgehead atoms. The van der Waals surface area contributed by atoms with Crippen molar-refractivity contribution in [2.45, 2.75) is 38.9 Å². The van der Waals surface area contributed by atoms with Crippen LogP contribution in [0.4, 0.5) is 0 Å². The van der Waals surface area contributed by atoms with Crippen LogP contribution in [-0.4, -0.2) is 30.4 Å². The fourth-order valence-electron chi connectivity index (χ4n) is 4.29. The van der Waals surface area contributed by atoms with Crippen molar-refractivity contribution in [1.82, 2.24) is 4.98 Å². The highest BCUT2D eigenvalue weighted by atomic mass is 16.7. The number of para-hydroxylation sites is 1. The van der Waals surface area contributed by atoms with Crippen LogP contribution >= 0.6 is 0 Å². The van der Waals surface area contributed by atoms with Gasteiger partial charge < -0.3 is 14.0 Å². The smallest absolute Gasteiger partial charge is 0.494 e. The van der Waals surface area contributed by atoms with Gasteiger partial charge in [0.15, 0.2) is 0 Å². The van der Waals surface area contributed by atoms with Gasteiger partial charge in [-0.05, 0) is 74.1 Å². The van der Waals surface area contributed by atoms with Gasteiger partial charge in [0.2, 0.25) is 0 Å². The third kappa shape index (κ3) is 4.50. The first-order chi connectivity index (χ1) is 16.8. The maximum absolute atomic E-state index is 6.30. The zero-order chi connectivity index (χ0) is 24.6. The second kappa shape index (κ2) is 8.99. The van der Waals surface area contributed by atoms with Gasteiger partial charge in [-0.15, -0.1) is 0 Å². The van der Waals surface area contributed by atoms with E-state index in [9.17, 15) is 0 Å². The molecule has 176 valence electrons. The molecule has 1 aromatic heterocycles. The van der Waals surface area contributed by atoms with Crippen molar-refractivity contribution in [2.75, 3.05) is 7.11 Å². The molecule has 0 unspecified atom stereocenters. The summed E-state index contributed by atoms with van der Waals surface area (Å²) < 4.78 is 18.2. The van der Waals surface area contributed by atoms with Crippen molar-refractivity contribution in [3.8, 4) is 39.4 Å². The fourth-order valence-corrected chi connectivity index (χ4v) is 4.29. The van der Waals surface area contributed by atoms with Crippen LogP contribution in [0, 0.1) is 0 Å². The summed E-state index contributed by atoms with van der Waals surface area (Å²) in [7, 11) is 1.26. The number of hydrogen-bond donors (Lipinski definition) is 0. The highest BCUT2D eigenvalue weighted by molar-refractivity contribution is 6.62. The van der Waals surface area contributed by atoms with Gasteiger partial charge in [-0.2, -0.15) is 0 Å². The second-order valence-corrected chi connectivity index (χ2v) is 9.91. The number of rotatable bonds is 5. The van der Waals surface area contributed by atoms with Crippen molar-refractivity contribution in [1.29, 1.82) is 0 Å². The van der Waals surface area contributed by atoms with Gasteiger partial charge >= 0.3 is 7.12 Å². The number of nitrogens with zero attached hydrogens (tertiary/aromatic N) is 1. The summed E-state index contributed by atoms with van der Waals surface area (Å²) in [4.78, 5) is 5.07. The van der Waals surface area contributed by atoms with Crippen molar-refractivity contribution in [3.05, 3.63) is 91.0 Å². The predicted octanol–water partition coefficient (Wildman–Crippen LogP) is 6.39. The van der Waals surface area contributed by atoms with Crippen LogP contribution in [0.2, 0.25) is 0 Å². The van der Waals surface area contributed by atoms with E-state index in [1.807, 2.05) is 42.5 Å². The Morgan fingerprint density at radius 3 is 2.00 bits per heavy atom. The molecule has 1 fully saturated rings.